The zero-order valence-electron chi connectivity index (χ0n) is 6.64. The molecule has 1 aromatic rings. The van der Waals surface area contributed by atoms with Crippen molar-refractivity contribution in [2.24, 2.45) is 0 Å². The molecule has 0 unspecified atom stereocenters. The van der Waals surface area contributed by atoms with Crippen molar-refractivity contribution in [2.75, 3.05) is 6.61 Å². The van der Waals surface area contributed by atoms with Crippen molar-refractivity contribution in [1.82, 2.24) is 0 Å². The molecule has 2 rings (SSSR count). The van der Waals surface area contributed by atoms with E-state index in [0.29, 0.717) is 16.3 Å². The molecule has 1 aromatic carbocycles. The summed E-state index contributed by atoms with van der Waals surface area (Å²) in [7, 11) is 0. The molecule has 0 N–H and O–H groups in total. The van der Waals surface area contributed by atoms with Crippen LogP contribution >= 0.6 is 47.8 Å². The number of rotatable bonds is 0. The summed E-state index contributed by atoms with van der Waals surface area (Å²) >= 11 is 10.6. The maximum Gasteiger partial charge on any atom is 0.123 e. The molecule has 1 nitrogen and oxygen atoms in total. The largest absolute Gasteiger partial charge is 0.492 e. The quantitative estimate of drug-likeness (QED) is 0.626. The van der Waals surface area contributed by atoms with E-state index in [2.05, 4.69) is 53.9 Å². The van der Waals surface area contributed by atoms with Crippen LogP contribution in [0.1, 0.15) is 10.4 Å². The van der Waals surface area contributed by atoms with Gasteiger partial charge in [0.2, 0.25) is 0 Å². The monoisotopic (exact) mass is 368 g/mol. The van der Waals surface area contributed by atoms with Crippen LogP contribution in [-0.2, 0) is 0 Å². The first-order valence-electron chi connectivity index (χ1n) is 3.89. The van der Waals surface area contributed by atoms with Gasteiger partial charge in [0, 0.05) is 10.0 Å². The standard InChI is InChI=1S/C9H7Br3O/c10-5-1-2-8-6(3-5)9(12)7(11)4-13-8/h1-3,7,9H,4H2/t7-,9-/m1/s1. The summed E-state index contributed by atoms with van der Waals surface area (Å²) in [6.45, 7) is 0.713. The van der Waals surface area contributed by atoms with Crippen LogP contribution in [0.25, 0.3) is 0 Å². The Bertz CT molecular complexity index is 327. The summed E-state index contributed by atoms with van der Waals surface area (Å²) in [5, 5.41) is 0. The molecular weight excluding hydrogens is 364 g/mol. The first kappa shape index (κ1) is 9.99. The summed E-state index contributed by atoms with van der Waals surface area (Å²) in [6, 6.07) is 6.07. The maximum absolute atomic E-state index is 5.56. The van der Waals surface area contributed by atoms with E-state index in [0.717, 1.165) is 10.2 Å². The molecular formula is C9H7Br3O. The number of benzene rings is 1. The van der Waals surface area contributed by atoms with Gasteiger partial charge in [-0.05, 0) is 18.2 Å². The van der Waals surface area contributed by atoms with Gasteiger partial charge >= 0.3 is 0 Å². The van der Waals surface area contributed by atoms with Gasteiger partial charge in [0.25, 0.3) is 0 Å². The van der Waals surface area contributed by atoms with Crippen molar-refractivity contribution >= 4 is 47.8 Å². The maximum atomic E-state index is 5.56. The van der Waals surface area contributed by atoms with Gasteiger partial charge in [-0.2, -0.15) is 0 Å². The first-order valence-corrected chi connectivity index (χ1v) is 6.51. The Morgan fingerprint density at radius 3 is 2.85 bits per heavy atom. The smallest absolute Gasteiger partial charge is 0.123 e. The average molecular weight is 371 g/mol. The second-order valence-corrected chi connectivity index (χ2v) is 5.99. The molecule has 0 saturated heterocycles. The number of hydrogen-bond acceptors (Lipinski definition) is 1. The summed E-state index contributed by atoms with van der Waals surface area (Å²) in [6.07, 6.45) is 0. The normalized spacial score (nSPS) is 26.4. The second kappa shape index (κ2) is 3.91. The zero-order valence-corrected chi connectivity index (χ0v) is 11.4. The minimum atomic E-state index is 0.328. The van der Waals surface area contributed by atoms with Gasteiger partial charge in [-0.25, -0.2) is 0 Å². The van der Waals surface area contributed by atoms with Crippen LogP contribution in [0.2, 0.25) is 0 Å². The van der Waals surface area contributed by atoms with Crippen LogP contribution in [0.4, 0.5) is 0 Å². The summed E-state index contributed by atoms with van der Waals surface area (Å²) < 4.78 is 6.65. The molecule has 1 aliphatic heterocycles. The fourth-order valence-corrected chi connectivity index (χ4v) is 2.62. The third kappa shape index (κ3) is 1.95. The summed E-state index contributed by atoms with van der Waals surface area (Å²) in [4.78, 5) is 0.669. The van der Waals surface area contributed by atoms with Crippen LogP contribution in [0.15, 0.2) is 22.7 Å². The highest BCUT2D eigenvalue weighted by molar-refractivity contribution is 9.12. The number of fused-ring (bicyclic) bond motifs is 1. The Morgan fingerprint density at radius 2 is 2.08 bits per heavy atom. The lowest BCUT2D eigenvalue weighted by molar-refractivity contribution is 0.295. The zero-order chi connectivity index (χ0) is 9.42. The van der Waals surface area contributed by atoms with E-state index in [1.807, 2.05) is 12.1 Å². The molecule has 0 radical (unpaired) electrons. The van der Waals surface area contributed by atoms with E-state index in [1.165, 1.54) is 5.56 Å². The van der Waals surface area contributed by atoms with Crippen LogP contribution in [-0.4, -0.2) is 11.4 Å². The minimum Gasteiger partial charge on any atom is -0.492 e. The highest BCUT2D eigenvalue weighted by Gasteiger charge is 2.26. The molecule has 0 fully saturated rings. The van der Waals surface area contributed by atoms with Gasteiger partial charge in [-0.3, -0.25) is 0 Å². The second-order valence-electron chi connectivity index (χ2n) is 2.91. The summed E-state index contributed by atoms with van der Waals surface area (Å²) in [5.74, 6) is 0.973. The highest BCUT2D eigenvalue weighted by atomic mass is 79.9. The fraction of sp³-hybridized carbons (Fsp3) is 0.333. The number of ether oxygens (including phenoxy) is 1. The predicted octanol–water partition coefficient (Wildman–Crippen LogP) is 4.04. The van der Waals surface area contributed by atoms with Crippen molar-refractivity contribution < 1.29 is 4.74 Å². The Labute approximate surface area is 102 Å². The molecule has 0 saturated carbocycles. The van der Waals surface area contributed by atoms with Crippen molar-refractivity contribution in [1.29, 1.82) is 0 Å². The molecule has 0 spiro atoms. The van der Waals surface area contributed by atoms with Crippen molar-refractivity contribution in [2.45, 2.75) is 9.65 Å². The van der Waals surface area contributed by atoms with E-state index in [4.69, 9.17) is 4.74 Å². The number of halogens is 3. The average Bonchev–Trinajstić information content (AvgIpc) is 2.12. The van der Waals surface area contributed by atoms with Crippen molar-refractivity contribution in [3.8, 4) is 5.75 Å². The predicted molar refractivity (Wildman–Crippen MR) is 64.0 cm³/mol. The molecule has 1 aliphatic rings. The van der Waals surface area contributed by atoms with E-state index in [9.17, 15) is 0 Å². The van der Waals surface area contributed by atoms with Gasteiger partial charge in [0.05, 0.1) is 9.65 Å². The van der Waals surface area contributed by atoms with Gasteiger partial charge in [-0.1, -0.05) is 47.8 Å². The lowest BCUT2D eigenvalue weighted by Gasteiger charge is -2.26. The minimum absolute atomic E-state index is 0.328. The Hall–Kier alpha value is 0.460. The van der Waals surface area contributed by atoms with Crippen LogP contribution < -0.4 is 4.74 Å². The SMILES string of the molecule is Brc1ccc2c(c1)[C@@H](Br)[C@H](Br)CO2. The molecule has 0 aliphatic carbocycles. The topological polar surface area (TPSA) is 9.23 Å². The number of hydrogen-bond donors (Lipinski definition) is 0. The molecule has 0 bridgehead atoms. The van der Waals surface area contributed by atoms with Gasteiger partial charge < -0.3 is 4.74 Å². The summed E-state index contributed by atoms with van der Waals surface area (Å²) in [5.41, 5.74) is 1.20. The van der Waals surface area contributed by atoms with Gasteiger partial charge in [-0.15, -0.1) is 0 Å². The molecule has 2 atom stereocenters. The third-order valence-electron chi connectivity index (χ3n) is 1.98. The van der Waals surface area contributed by atoms with Crippen molar-refractivity contribution in [3.63, 3.8) is 0 Å². The molecule has 4 heteroatoms. The Kier molecular flexibility index (Phi) is 3.01. The van der Waals surface area contributed by atoms with Crippen LogP contribution in [0.3, 0.4) is 0 Å². The molecule has 1 heterocycles. The Morgan fingerprint density at radius 1 is 1.31 bits per heavy atom. The number of alkyl halides is 2. The van der Waals surface area contributed by atoms with Gasteiger partial charge in [0.1, 0.15) is 12.4 Å². The fourth-order valence-electron chi connectivity index (χ4n) is 1.31. The third-order valence-corrected chi connectivity index (χ3v) is 5.11. The van der Waals surface area contributed by atoms with Crippen LogP contribution in [0.5, 0.6) is 5.75 Å². The highest BCUT2D eigenvalue weighted by Crippen LogP contribution is 2.41. The molecule has 0 aromatic heterocycles. The lowest BCUT2D eigenvalue weighted by atomic mass is 10.1. The molecule has 70 valence electrons. The first-order chi connectivity index (χ1) is 6.18. The van der Waals surface area contributed by atoms with E-state index in [-0.39, 0.29) is 0 Å². The van der Waals surface area contributed by atoms with Crippen LogP contribution in [0, 0.1) is 0 Å². The van der Waals surface area contributed by atoms with Crippen molar-refractivity contribution in [3.05, 3.63) is 28.2 Å². The Balaban J connectivity index is 2.45. The van der Waals surface area contributed by atoms with E-state index < -0.39 is 0 Å². The van der Waals surface area contributed by atoms with E-state index in [1.54, 1.807) is 0 Å². The van der Waals surface area contributed by atoms with E-state index >= 15 is 0 Å². The molecule has 13 heavy (non-hydrogen) atoms. The molecule has 0 amide bonds. The lowest BCUT2D eigenvalue weighted by Crippen LogP contribution is -2.22. The van der Waals surface area contributed by atoms with Gasteiger partial charge in [0.15, 0.2) is 0 Å².